The van der Waals surface area contributed by atoms with Crippen molar-refractivity contribution in [3.05, 3.63) is 59.4 Å². The lowest BCUT2D eigenvalue weighted by atomic mass is 10.1. The molecule has 1 N–H and O–H groups in total. The first-order valence-corrected chi connectivity index (χ1v) is 5.82. The molecule has 0 aliphatic carbocycles. The largest absolute Gasteiger partial charge is 0.497 e. The lowest BCUT2D eigenvalue weighted by molar-refractivity contribution is 0.415. The molecule has 0 fully saturated rings. The zero-order chi connectivity index (χ0) is 13.0. The van der Waals surface area contributed by atoms with Crippen LogP contribution in [0, 0.1) is 12.7 Å². The van der Waals surface area contributed by atoms with Gasteiger partial charge in [0.25, 0.3) is 0 Å². The van der Waals surface area contributed by atoms with Crippen molar-refractivity contribution in [2.45, 2.75) is 13.5 Å². The highest BCUT2D eigenvalue weighted by Crippen LogP contribution is 2.16. The van der Waals surface area contributed by atoms with Crippen LogP contribution in [0.4, 0.5) is 10.1 Å². The molecule has 2 rings (SSSR count). The second-order valence-corrected chi connectivity index (χ2v) is 4.17. The molecular weight excluding hydrogens is 229 g/mol. The van der Waals surface area contributed by atoms with Gasteiger partial charge in [0.2, 0.25) is 0 Å². The van der Waals surface area contributed by atoms with Crippen molar-refractivity contribution in [3.8, 4) is 5.75 Å². The van der Waals surface area contributed by atoms with Crippen molar-refractivity contribution < 1.29 is 9.13 Å². The second-order valence-electron chi connectivity index (χ2n) is 4.17. The van der Waals surface area contributed by atoms with E-state index in [1.807, 2.05) is 30.3 Å². The minimum Gasteiger partial charge on any atom is -0.497 e. The highest BCUT2D eigenvalue weighted by molar-refractivity contribution is 5.46. The zero-order valence-electron chi connectivity index (χ0n) is 10.5. The molecule has 0 spiro atoms. The number of hydrogen-bond acceptors (Lipinski definition) is 2. The summed E-state index contributed by atoms with van der Waals surface area (Å²) in [4.78, 5) is 0. The maximum Gasteiger partial charge on any atom is 0.126 e. The van der Waals surface area contributed by atoms with E-state index in [-0.39, 0.29) is 5.82 Å². The predicted octanol–water partition coefficient (Wildman–Crippen LogP) is 3.75. The molecule has 2 aromatic rings. The molecule has 0 unspecified atom stereocenters. The maximum absolute atomic E-state index is 13.1. The lowest BCUT2D eigenvalue weighted by Gasteiger charge is -2.08. The Balaban J connectivity index is 1.99. The molecule has 0 bridgehead atoms. The number of halogens is 1. The molecule has 0 aliphatic heterocycles. The molecule has 0 amide bonds. The van der Waals surface area contributed by atoms with Gasteiger partial charge in [0.15, 0.2) is 0 Å². The van der Waals surface area contributed by atoms with Gasteiger partial charge in [-0.1, -0.05) is 12.1 Å². The Kier molecular flexibility index (Phi) is 3.82. The Labute approximate surface area is 106 Å². The van der Waals surface area contributed by atoms with Crippen molar-refractivity contribution in [1.29, 1.82) is 0 Å². The van der Waals surface area contributed by atoms with Gasteiger partial charge >= 0.3 is 0 Å². The third-order valence-corrected chi connectivity index (χ3v) is 2.81. The molecule has 18 heavy (non-hydrogen) atoms. The van der Waals surface area contributed by atoms with E-state index in [2.05, 4.69) is 5.32 Å². The van der Waals surface area contributed by atoms with Gasteiger partial charge in [-0.15, -0.1) is 0 Å². The third-order valence-electron chi connectivity index (χ3n) is 2.81. The van der Waals surface area contributed by atoms with Crippen LogP contribution in [0.3, 0.4) is 0 Å². The van der Waals surface area contributed by atoms with E-state index < -0.39 is 0 Å². The monoisotopic (exact) mass is 245 g/mol. The minimum absolute atomic E-state index is 0.164. The van der Waals surface area contributed by atoms with Gasteiger partial charge in [0, 0.05) is 12.2 Å². The Morgan fingerprint density at radius 1 is 1.11 bits per heavy atom. The van der Waals surface area contributed by atoms with Crippen LogP contribution in [-0.2, 0) is 6.54 Å². The molecule has 0 atom stereocenters. The van der Waals surface area contributed by atoms with Gasteiger partial charge in [-0.2, -0.15) is 0 Å². The molecule has 0 saturated heterocycles. The van der Waals surface area contributed by atoms with Crippen LogP contribution in [0.15, 0.2) is 42.5 Å². The summed E-state index contributed by atoms with van der Waals surface area (Å²) in [5, 5.41) is 3.28. The molecule has 0 heterocycles. The van der Waals surface area contributed by atoms with Crippen molar-refractivity contribution in [3.63, 3.8) is 0 Å². The number of rotatable bonds is 4. The number of anilines is 1. The van der Waals surface area contributed by atoms with E-state index in [9.17, 15) is 4.39 Å². The van der Waals surface area contributed by atoms with Crippen molar-refractivity contribution in [1.82, 2.24) is 0 Å². The van der Waals surface area contributed by atoms with Gasteiger partial charge in [-0.25, -0.2) is 4.39 Å². The van der Waals surface area contributed by atoms with Crippen molar-refractivity contribution >= 4 is 5.69 Å². The summed E-state index contributed by atoms with van der Waals surface area (Å²) in [5.74, 6) is 0.668. The van der Waals surface area contributed by atoms with Gasteiger partial charge in [0.05, 0.1) is 7.11 Å². The molecule has 3 heteroatoms. The van der Waals surface area contributed by atoms with Crippen LogP contribution in [0.25, 0.3) is 0 Å². The summed E-state index contributed by atoms with van der Waals surface area (Å²) in [6, 6.07) is 12.9. The van der Waals surface area contributed by atoms with Crippen LogP contribution in [0.2, 0.25) is 0 Å². The van der Waals surface area contributed by atoms with E-state index >= 15 is 0 Å². The Morgan fingerprint density at radius 3 is 2.44 bits per heavy atom. The van der Waals surface area contributed by atoms with Crippen molar-refractivity contribution in [2.75, 3.05) is 12.4 Å². The highest BCUT2D eigenvalue weighted by Gasteiger charge is 1.99. The van der Waals surface area contributed by atoms with Gasteiger partial charge in [-0.05, 0) is 48.4 Å². The molecule has 94 valence electrons. The van der Waals surface area contributed by atoms with Crippen LogP contribution in [-0.4, -0.2) is 7.11 Å². The van der Waals surface area contributed by atoms with Gasteiger partial charge in [0.1, 0.15) is 11.6 Å². The summed E-state index contributed by atoms with van der Waals surface area (Å²) < 4.78 is 18.2. The summed E-state index contributed by atoms with van der Waals surface area (Å²) in [7, 11) is 1.64. The van der Waals surface area contributed by atoms with Crippen LogP contribution in [0.5, 0.6) is 5.75 Å². The van der Waals surface area contributed by atoms with E-state index in [4.69, 9.17) is 4.74 Å². The number of benzene rings is 2. The van der Waals surface area contributed by atoms with Gasteiger partial charge in [-0.3, -0.25) is 0 Å². The fourth-order valence-corrected chi connectivity index (χ4v) is 1.73. The molecule has 2 aromatic carbocycles. The van der Waals surface area contributed by atoms with Crippen LogP contribution >= 0.6 is 0 Å². The molecule has 0 aliphatic rings. The Bertz CT molecular complexity index is 523. The molecule has 2 nitrogen and oxygen atoms in total. The summed E-state index contributed by atoms with van der Waals surface area (Å²) in [5.41, 5.74) is 2.74. The topological polar surface area (TPSA) is 21.3 Å². The first kappa shape index (κ1) is 12.4. The van der Waals surface area contributed by atoms with E-state index in [1.54, 1.807) is 20.1 Å². The molecule has 0 radical (unpaired) electrons. The van der Waals surface area contributed by atoms with Crippen LogP contribution in [0.1, 0.15) is 11.1 Å². The first-order valence-electron chi connectivity index (χ1n) is 5.82. The van der Waals surface area contributed by atoms with Gasteiger partial charge < -0.3 is 10.1 Å². The zero-order valence-corrected chi connectivity index (χ0v) is 10.5. The highest BCUT2D eigenvalue weighted by atomic mass is 19.1. The second kappa shape index (κ2) is 5.54. The Hall–Kier alpha value is -2.03. The lowest BCUT2D eigenvalue weighted by Crippen LogP contribution is -2.00. The quantitative estimate of drug-likeness (QED) is 0.885. The summed E-state index contributed by atoms with van der Waals surface area (Å²) in [6.45, 7) is 2.44. The molecule has 0 saturated carbocycles. The predicted molar refractivity (Wildman–Crippen MR) is 71.5 cm³/mol. The number of ether oxygens (including phenoxy) is 1. The van der Waals surface area contributed by atoms with E-state index in [0.29, 0.717) is 12.1 Å². The fraction of sp³-hybridized carbons (Fsp3) is 0.200. The fourth-order valence-electron chi connectivity index (χ4n) is 1.73. The minimum atomic E-state index is -0.164. The van der Waals surface area contributed by atoms with E-state index in [0.717, 1.165) is 17.0 Å². The summed E-state index contributed by atoms with van der Waals surface area (Å²) in [6.07, 6.45) is 0. The number of hydrogen-bond donors (Lipinski definition) is 1. The third kappa shape index (κ3) is 3.00. The number of aryl methyl sites for hydroxylation is 1. The van der Waals surface area contributed by atoms with Crippen LogP contribution < -0.4 is 10.1 Å². The molecular formula is C15H16FNO. The number of nitrogens with one attached hydrogen (secondary N) is 1. The molecule has 0 aromatic heterocycles. The normalized spacial score (nSPS) is 10.2. The summed E-state index contributed by atoms with van der Waals surface area (Å²) >= 11 is 0. The standard InChI is InChI=1S/C15H16FNO/c1-11-9-12(3-8-15(11)16)10-17-13-4-6-14(18-2)7-5-13/h3-9,17H,10H2,1-2H3. The number of methoxy groups -OCH3 is 1. The Morgan fingerprint density at radius 2 is 1.83 bits per heavy atom. The smallest absolute Gasteiger partial charge is 0.126 e. The van der Waals surface area contributed by atoms with E-state index in [1.165, 1.54) is 6.07 Å². The SMILES string of the molecule is COc1ccc(NCc2ccc(F)c(C)c2)cc1. The maximum atomic E-state index is 13.1. The first-order chi connectivity index (χ1) is 8.69. The van der Waals surface area contributed by atoms with Crippen molar-refractivity contribution in [2.24, 2.45) is 0 Å². The average molecular weight is 245 g/mol. The average Bonchev–Trinajstić information content (AvgIpc) is 2.41.